The topological polar surface area (TPSA) is 57.2 Å². The number of nitrogens with one attached hydrogen (secondary N) is 1. The van der Waals surface area contributed by atoms with Gasteiger partial charge in [-0.2, -0.15) is 5.26 Å². The minimum absolute atomic E-state index is 0.0386. The number of hydrogen-bond acceptors (Lipinski definition) is 3. The van der Waals surface area contributed by atoms with Crippen molar-refractivity contribution < 1.29 is 4.79 Å². The van der Waals surface area contributed by atoms with Crippen LogP contribution in [0.25, 0.3) is 4.85 Å². The van der Waals surface area contributed by atoms with E-state index in [2.05, 4.69) is 10.2 Å². The Morgan fingerprint density at radius 1 is 1.56 bits per heavy atom. The third-order valence-corrected chi connectivity index (χ3v) is 3.17. The van der Waals surface area contributed by atoms with Crippen LogP contribution < -0.4 is 5.32 Å². The first-order valence-corrected chi connectivity index (χ1v) is 5.81. The van der Waals surface area contributed by atoms with Gasteiger partial charge >= 0.3 is 0 Å². The highest BCUT2D eigenvalue weighted by Crippen LogP contribution is 2.35. The molecule has 2 rings (SSSR count). The maximum absolute atomic E-state index is 11.9. The van der Waals surface area contributed by atoms with Crippen molar-refractivity contribution in [3.8, 4) is 6.07 Å². The molecule has 1 N–H and O–H groups in total. The van der Waals surface area contributed by atoms with E-state index in [1.807, 2.05) is 6.07 Å². The molecule has 0 unspecified atom stereocenters. The number of Topliss-reactive ketones (excluding diaryl/α,β-unsaturated/α-hetero) is 1. The average molecular weight is 239 g/mol. The number of hydrogen-bond donors (Lipinski definition) is 1. The Balaban J connectivity index is 1.96. The second-order valence-corrected chi connectivity index (χ2v) is 4.57. The third-order valence-electron chi connectivity index (χ3n) is 3.17. The van der Waals surface area contributed by atoms with Crippen molar-refractivity contribution in [2.75, 3.05) is 13.1 Å². The van der Waals surface area contributed by atoms with Gasteiger partial charge in [0.25, 0.3) is 0 Å². The van der Waals surface area contributed by atoms with Gasteiger partial charge in [-0.3, -0.25) is 10.1 Å². The number of ketones is 1. The molecular weight excluding hydrogens is 226 g/mol. The zero-order valence-electron chi connectivity index (χ0n) is 9.94. The Hall–Kier alpha value is -2.17. The lowest BCUT2D eigenvalue weighted by atomic mass is 10.1. The molecule has 1 saturated carbocycles. The van der Waals surface area contributed by atoms with E-state index in [1.165, 1.54) is 0 Å². The number of carbonyl (C=O) groups is 1. The van der Waals surface area contributed by atoms with Crippen molar-refractivity contribution in [2.45, 2.75) is 18.4 Å². The highest BCUT2D eigenvalue weighted by molar-refractivity contribution is 5.98. The van der Waals surface area contributed by atoms with Crippen molar-refractivity contribution in [3.63, 3.8) is 0 Å². The quantitative estimate of drug-likeness (QED) is 0.629. The van der Waals surface area contributed by atoms with Crippen LogP contribution in [0.3, 0.4) is 0 Å². The summed E-state index contributed by atoms with van der Waals surface area (Å²) in [6.45, 7) is 7.52. The van der Waals surface area contributed by atoms with Crippen molar-refractivity contribution in [3.05, 3.63) is 46.8 Å². The van der Waals surface area contributed by atoms with Crippen LogP contribution in [0.4, 0.5) is 0 Å². The molecule has 18 heavy (non-hydrogen) atoms. The molecule has 0 aromatic heterocycles. The third kappa shape index (κ3) is 2.74. The fourth-order valence-electron chi connectivity index (χ4n) is 1.83. The number of rotatable bonds is 5. The number of nitrogens with zero attached hydrogens (tertiary/aromatic N) is 2. The molecule has 4 heteroatoms. The fourth-order valence-corrected chi connectivity index (χ4v) is 1.83. The van der Waals surface area contributed by atoms with Crippen molar-refractivity contribution >= 4 is 5.78 Å². The average Bonchev–Trinajstić information content (AvgIpc) is 3.17. The van der Waals surface area contributed by atoms with E-state index in [0.717, 1.165) is 12.8 Å². The molecule has 1 aromatic rings. The van der Waals surface area contributed by atoms with E-state index in [4.69, 9.17) is 11.8 Å². The SMILES string of the molecule is [C-]#[N+]CC1(NCC(=O)c2cccc(C#N)c2)CC1. The second-order valence-electron chi connectivity index (χ2n) is 4.57. The lowest BCUT2D eigenvalue weighted by molar-refractivity contribution is 0.0986. The van der Waals surface area contributed by atoms with Crippen LogP contribution >= 0.6 is 0 Å². The Morgan fingerprint density at radius 2 is 2.33 bits per heavy atom. The molecule has 0 radical (unpaired) electrons. The van der Waals surface area contributed by atoms with Crippen LogP contribution in [0.15, 0.2) is 24.3 Å². The number of benzene rings is 1. The van der Waals surface area contributed by atoms with Crippen LogP contribution in [0.2, 0.25) is 0 Å². The zero-order chi connectivity index (χ0) is 13.0. The molecule has 0 amide bonds. The summed E-state index contributed by atoms with van der Waals surface area (Å²) < 4.78 is 0. The van der Waals surface area contributed by atoms with E-state index in [9.17, 15) is 4.79 Å². The van der Waals surface area contributed by atoms with Gasteiger partial charge in [-0.25, -0.2) is 6.57 Å². The Morgan fingerprint density at radius 3 is 2.94 bits per heavy atom. The highest BCUT2D eigenvalue weighted by Gasteiger charge is 2.45. The predicted molar refractivity (Wildman–Crippen MR) is 66.9 cm³/mol. The summed E-state index contributed by atoms with van der Waals surface area (Å²) in [5.41, 5.74) is 0.896. The number of carbonyl (C=O) groups excluding carboxylic acids is 1. The molecular formula is C14H13N3O. The molecule has 1 aromatic carbocycles. The van der Waals surface area contributed by atoms with Gasteiger partial charge in [0.1, 0.15) is 0 Å². The first-order valence-electron chi connectivity index (χ1n) is 5.81. The maximum atomic E-state index is 11.9. The lowest BCUT2D eigenvalue weighted by Crippen LogP contribution is -2.37. The fraction of sp³-hybridized carbons (Fsp3) is 0.357. The van der Waals surface area contributed by atoms with Gasteiger partial charge < -0.3 is 4.85 Å². The van der Waals surface area contributed by atoms with Gasteiger partial charge in [-0.05, 0) is 25.0 Å². The van der Waals surface area contributed by atoms with E-state index in [0.29, 0.717) is 17.7 Å². The summed E-state index contributed by atoms with van der Waals surface area (Å²) in [4.78, 5) is 15.3. The van der Waals surface area contributed by atoms with Gasteiger partial charge in [0.05, 0.1) is 23.7 Å². The largest absolute Gasteiger partial charge is 0.315 e. The lowest BCUT2D eigenvalue weighted by Gasteiger charge is -2.10. The minimum Gasteiger partial charge on any atom is -0.315 e. The van der Waals surface area contributed by atoms with Crippen molar-refractivity contribution in [1.29, 1.82) is 5.26 Å². The normalized spacial score (nSPS) is 15.4. The van der Waals surface area contributed by atoms with Gasteiger partial charge in [0.2, 0.25) is 6.54 Å². The van der Waals surface area contributed by atoms with Gasteiger partial charge in [0.15, 0.2) is 5.78 Å². The summed E-state index contributed by atoms with van der Waals surface area (Å²) in [7, 11) is 0. The van der Waals surface area contributed by atoms with Crippen LogP contribution in [-0.2, 0) is 0 Å². The van der Waals surface area contributed by atoms with Gasteiger partial charge in [-0.15, -0.1) is 0 Å². The molecule has 4 nitrogen and oxygen atoms in total. The second kappa shape index (κ2) is 5.00. The molecule has 1 aliphatic rings. The molecule has 0 heterocycles. The molecule has 0 saturated heterocycles. The Bertz CT molecular complexity index is 547. The summed E-state index contributed by atoms with van der Waals surface area (Å²) in [6.07, 6.45) is 1.92. The molecule has 0 aliphatic heterocycles. The standard InChI is InChI=1S/C14H13N3O/c1-16-10-14(5-6-14)17-9-13(18)12-4-2-3-11(7-12)8-15/h2-4,7,17H,5-6,9-10H2. The molecule has 1 fully saturated rings. The molecule has 90 valence electrons. The van der Waals surface area contributed by atoms with Crippen LogP contribution in [0, 0.1) is 17.9 Å². The van der Waals surface area contributed by atoms with E-state index in [1.54, 1.807) is 24.3 Å². The zero-order valence-corrected chi connectivity index (χ0v) is 9.94. The molecule has 0 bridgehead atoms. The van der Waals surface area contributed by atoms with Crippen LogP contribution in [-0.4, -0.2) is 24.4 Å². The predicted octanol–water partition coefficient (Wildman–Crippen LogP) is 1.78. The Labute approximate surface area is 106 Å². The first-order chi connectivity index (χ1) is 8.69. The van der Waals surface area contributed by atoms with E-state index >= 15 is 0 Å². The smallest absolute Gasteiger partial charge is 0.232 e. The maximum Gasteiger partial charge on any atom is 0.232 e. The summed E-state index contributed by atoms with van der Waals surface area (Å²) in [6, 6.07) is 8.70. The van der Waals surface area contributed by atoms with E-state index < -0.39 is 0 Å². The number of nitriles is 1. The summed E-state index contributed by atoms with van der Waals surface area (Å²) in [5.74, 6) is -0.0386. The first kappa shape index (κ1) is 12.3. The van der Waals surface area contributed by atoms with Crippen LogP contribution in [0.5, 0.6) is 0 Å². The van der Waals surface area contributed by atoms with Gasteiger partial charge in [0, 0.05) is 5.56 Å². The van der Waals surface area contributed by atoms with Gasteiger partial charge in [-0.1, -0.05) is 12.1 Å². The summed E-state index contributed by atoms with van der Waals surface area (Å²) in [5, 5.41) is 11.9. The summed E-state index contributed by atoms with van der Waals surface area (Å²) >= 11 is 0. The van der Waals surface area contributed by atoms with Crippen molar-refractivity contribution in [1.82, 2.24) is 5.32 Å². The molecule has 1 aliphatic carbocycles. The van der Waals surface area contributed by atoms with Crippen LogP contribution in [0.1, 0.15) is 28.8 Å². The highest BCUT2D eigenvalue weighted by atomic mass is 16.1. The van der Waals surface area contributed by atoms with E-state index in [-0.39, 0.29) is 17.9 Å². The van der Waals surface area contributed by atoms with Crippen molar-refractivity contribution in [2.24, 2.45) is 0 Å². The Kier molecular flexibility index (Phi) is 3.41. The minimum atomic E-state index is -0.135. The molecule has 0 atom stereocenters. The monoisotopic (exact) mass is 239 g/mol. The molecule has 0 spiro atoms.